The van der Waals surface area contributed by atoms with Gasteiger partial charge in [-0.1, -0.05) is 36.4 Å². The van der Waals surface area contributed by atoms with Crippen molar-refractivity contribution in [1.29, 1.82) is 0 Å². The van der Waals surface area contributed by atoms with Gasteiger partial charge in [-0.25, -0.2) is 4.98 Å². The zero-order chi connectivity index (χ0) is 19.3. The lowest BCUT2D eigenvalue weighted by atomic mass is 9.79. The molecule has 142 valence electrons. The third-order valence-electron chi connectivity index (χ3n) is 5.64. The summed E-state index contributed by atoms with van der Waals surface area (Å²) < 4.78 is 5.67. The van der Waals surface area contributed by atoms with Crippen LogP contribution >= 0.6 is 11.3 Å². The number of rotatable bonds is 4. The van der Waals surface area contributed by atoms with Crippen molar-refractivity contribution >= 4 is 39.1 Å². The molecule has 2 aliphatic rings. The van der Waals surface area contributed by atoms with E-state index in [1.807, 2.05) is 29.6 Å². The van der Waals surface area contributed by atoms with Gasteiger partial charge < -0.3 is 15.2 Å². The van der Waals surface area contributed by atoms with Crippen LogP contribution in [-0.2, 0) is 14.3 Å². The van der Waals surface area contributed by atoms with Crippen LogP contribution in [0.4, 0.5) is 5.13 Å². The SMILES string of the molecule is O=C(O)C1C2CCC(O2)C1C(=O)Nc1nc(-c2ccc3ccccc3c2)cs1. The smallest absolute Gasteiger partial charge is 0.310 e. The maximum absolute atomic E-state index is 12.8. The van der Waals surface area contributed by atoms with Gasteiger partial charge in [0.15, 0.2) is 5.13 Å². The summed E-state index contributed by atoms with van der Waals surface area (Å²) in [6.07, 6.45) is 0.760. The van der Waals surface area contributed by atoms with E-state index in [0.717, 1.165) is 28.5 Å². The molecule has 1 amide bonds. The molecule has 5 rings (SSSR count). The molecule has 0 spiro atoms. The molecule has 2 bridgehead atoms. The number of fused-ring (bicyclic) bond motifs is 3. The molecule has 0 aliphatic carbocycles. The Hall–Kier alpha value is -2.77. The lowest BCUT2D eigenvalue weighted by molar-refractivity contribution is -0.147. The van der Waals surface area contributed by atoms with Gasteiger partial charge in [0, 0.05) is 10.9 Å². The predicted octanol–water partition coefficient (Wildman–Crippen LogP) is 3.78. The summed E-state index contributed by atoms with van der Waals surface area (Å²) in [5.41, 5.74) is 1.76. The fourth-order valence-electron chi connectivity index (χ4n) is 4.33. The monoisotopic (exact) mass is 394 g/mol. The normalized spacial score (nSPS) is 25.9. The van der Waals surface area contributed by atoms with Gasteiger partial charge in [-0.15, -0.1) is 11.3 Å². The summed E-state index contributed by atoms with van der Waals surface area (Å²) >= 11 is 1.34. The van der Waals surface area contributed by atoms with Crippen molar-refractivity contribution in [2.45, 2.75) is 25.0 Å². The summed E-state index contributed by atoms with van der Waals surface area (Å²) in [5, 5.41) is 16.9. The third-order valence-corrected chi connectivity index (χ3v) is 6.40. The van der Waals surface area contributed by atoms with Crippen LogP contribution in [0.15, 0.2) is 47.8 Å². The average Bonchev–Trinajstić information content (AvgIpc) is 3.43. The molecular formula is C21H18N2O4S. The second-order valence-electron chi connectivity index (χ2n) is 7.27. The minimum Gasteiger partial charge on any atom is -0.481 e. The summed E-state index contributed by atoms with van der Waals surface area (Å²) in [4.78, 5) is 28.9. The standard InChI is InChI=1S/C21H18N2O4S/c24-19(17-15-7-8-16(27-15)18(17)20(25)26)23-21-22-14(10-28-21)13-6-5-11-3-1-2-4-12(11)9-13/h1-6,9-10,15-18H,7-8H2,(H,25,26)(H,22,23,24). The van der Waals surface area contributed by atoms with Crippen molar-refractivity contribution in [1.82, 2.24) is 4.98 Å². The molecule has 2 N–H and O–H groups in total. The van der Waals surface area contributed by atoms with Crippen molar-refractivity contribution in [3.05, 3.63) is 47.8 Å². The van der Waals surface area contributed by atoms with Crippen molar-refractivity contribution in [3.63, 3.8) is 0 Å². The van der Waals surface area contributed by atoms with E-state index in [-0.39, 0.29) is 18.1 Å². The minimum absolute atomic E-state index is 0.314. The number of carboxylic acid groups (broad SMARTS) is 1. The first-order valence-electron chi connectivity index (χ1n) is 9.24. The summed E-state index contributed by atoms with van der Waals surface area (Å²) in [5.74, 6) is -2.73. The maximum atomic E-state index is 12.8. The Morgan fingerprint density at radius 2 is 1.82 bits per heavy atom. The van der Waals surface area contributed by atoms with Gasteiger partial charge in [0.2, 0.25) is 5.91 Å². The van der Waals surface area contributed by atoms with Crippen molar-refractivity contribution in [2.75, 3.05) is 5.32 Å². The largest absolute Gasteiger partial charge is 0.481 e. The molecule has 4 unspecified atom stereocenters. The number of carbonyl (C=O) groups excluding carboxylic acids is 1. The Balaban J connectivity index is 1.36. The van der Waals surface area contributed by atoms with Crippen LogP contribution in [0.25, 0.3) is 22.0 Å². The van der Waals surface area contributed by atoms with E-state index in [0.29, 0.717) is 11.6 Å². The molecule has 2 saturated heterocycles. The number of carbonyl (C=O) groups is 2. The topological polar surface area (TPSA) is 88.5 Å². The molecule has 3 heterocycles. The van der Waals surface area contributed by atoms with E-state index < -0.39 is 17.8 Å². The number of anilines is 1. The minimum atomic E-state index is -0.969. The lowest BCUT2D eigenvalue weighted by Gasteiger charge is -2.23. The molecule has 28 heavy (non-hydrogen) atoms. The number of carboxylic acids is 1. The van der Waals surface area contributed by atoms with Crippen molar-refractivity contribution < 1.29 is 19.4 Å². The van der Waals surface area contributed by atoms with Crippen molar-refractivity contribution in [2.24, 2.45) is 11.8 Å². The second kappa shape index (κ2) is 6.68. The number of hydrogen-bond acceptors (Lipinski definition) is 5. The average molecular weight is 394 g/mol. The van der Waals surface area contributed by atoms with Gasteiger partial charge in [0.05, 0.1) is 29.7 Å². The van der Waals surface area contributed by atoms with E-state index in [4.69, 9.17) is 4.74 Å². The highest BCUT2D eigenvalue weighted by Gasteiger charge is 2.55. The fourth-order valence-corrected chi connectivity index (χ4v) is 5.05. The highest BCUT2D eigenvalue weighted by Crippen LogP contribution is 2.44. The summed E-state index contributed by atoms with van der Waals surface area (Å²) in [6, 6.07) is 14.2. The Labute approximate surface area is 165 Å². The molecule has 2 aliphatic heterocycles. The Bertz CT molecular complexity index is 1080. The summed E-state index contributed by atoms with van der Waals surface area (Å²) in [7, 11) is 0. The van der Waals surface area contributed by atoms with E-state index >= 15 is 0 Å². The third kappa shape index (κ3) is 2.87. The number of amides is 1. The first-order valence-corrected chi connectivity index (χ1v) is 10.1. The number of benzene rings is 2. The van der Waals surface area contributed by atoms with E-state index in [2.05, 4.69) is 28.5 Å². The molecule has 6 nitrogen and oxygen atoms in total. The van der Waals surface area contributed by atoms with E-state index in [1.54, 1.807) is 0 Å². The molecule has 4 atom stereocenters. The van der Waals surface area contributed by atoms with Crippen LogP contribution in [0.3, 0.4) is 0 Å². The van der Waals surface area contributed by atoms with Gasteiger partial charge >= 0.3 is 5.97 Å². The molecular weight excluding hydrogens is 376 g/mol. The second-order valence-corrected chi connectivity index (χ2v) is 8.13. The first kappa shape index (κ1) is 17.3. The Kier molecular flexibility index (Phi) is 4.14. The molecule has 7 heteroatoms. The molecule has 0 saturated carbocycles. The number of thiazole rings is 1. The van der Waals surface area contributed by atoms with Crippen LogP contribution in [0.1, 0.15) is 12.8 Å². The first-order chi connectivity index (χ1) is 13.6. The van der Waals surface area contributed by atoms with Crippen molar-refractivity contribution in [3.8, 4) is 11.3 Å². The zero-order valence-electron chi connectivity index (χ0n) is 14.9. The lowest BCUT2D eigenvalue weighted by Crippen LogP contribution is -2.40. The Morgan fingerprint density at radius 3 is 2.61 bits per heavy atom. The maximum Gasteiger partial charge on any atom is 0.310 e. The predicted molar refractivity (Wildman–Crippen MR) is 106 cm³/mol. The van der Waals surface area contributed by atoms with Crippen LogP contribution in [0.5, 0.6) is 0 Å². The highest BCUT2D eigenvalue weighted by molar-refractivity contribution is 7.14. The molecule has 1 aromatic heterocycles. The number of aromatic nitrogens is 1. The van der Waals surface area contributed by atoms with E-state index in [9.17, 15) is 14.7 Å². The number of nitrogens with one attached hydrogen (secondary N) is 1. The Morgan fingerprint density at radius 1 is 1.07 bits per heavy atom. The number of hydrogen-bond donors (Lipinski definition) is 2. The summed E-state index contributed by atoms with van der Waals surface area (Å²) in [6.45, 7) is 0. The quantitative estimate of drug-likeness (QED) is 0.703. The zero-order valence-corrected chi connectivity index (χ0v) is 15.7. The number of nitrogens with zero attached hydrogens (tertiary/aromatic N) is 1. The van der Waals surface area contributed by atoms with Gasteiger partial charge in [-0.05, 0) is 29.7 Å². The van der Waals surface area contributed by atoms with Crippen LogP contribution in [-0.4, -0.2) is 34.2 Å². The van der Waals surface area contributed by atoms with Gasteiger partial charge in [0.25, 0.3) is 0 Å². The molecule has 2 fully saturated rings. The number of ether oxygens (including phenoxy) is 1. The van der Waals surface area contributed by atoms with Gasteiger partial charge in [-0.3, -0.25) is 9.59 Å². The highest BCUT2D eigenvalue weighted by atomic mass is 32.1. The number of aliphatic carboxylic acids is 1. The fraction of sp³-hybridized carbons (Fsp3) is 0.286. The molecule has 3 aromatic rings. The van der Waals surface area contributed by atoms with Crippen LogP contribution in [0, 0.1) is 11.8 Å². The van der Waals surface area contributed by atoms with Crippen LogP contribution in [0.2, 0.25) is 0 Å². The molecule has 0 radical (unpaired) electrons. The van der Waals surface area contributed by atoms with Gasteiger partial charge in [0.1, 0.15) is 0 Å². The van der Waals surface area contributed by atoms with Crippen LogP contribution < -0.4 is 5.32 Å². The van der Waals surface area contributed by atoms with E-state index in [1.165, 1.54) is 11.3 Å². The molecule has 2 aromatic carbocycles. The van der Waals surface area contributed by atoms with Gasteiger partial charge in [-0.2, -0.15) is 0 Å².